The molecule has 0 saturated carbocycles. The van der Waals surface area contributed by atoms with Gasteiger partial charge in [-0.1, -0.05) is 36.4 Å². The lowest BCUT2D eigenvalue weighted by molar-refractivity contribution is -0.160. The molecule has 9 heteroatoms. The van der Waals surface area contributed by atoms with Gasteiger partial charge in [-0.3, -0.25) is 10.1 Å². The van der Waals surface area contributed by atoms with Crippen molar-refractivity contribution in [1.29, 1.82) is 0 Å². The molecule has 2 aromatic rings. The van der Waals surface area contributed by atoms with Gasteiger partial charge >= 0.3 is 6.18 Å². The molecule has 0 aliphatic heterocycles. The summed E-state index contributed by atoms with van der Waals surface area (Å²) in [7, 11) is -3.33. The van der Waals surface area contributed by atoms with Crippen LogP contribution in [0.25, 0.3) is 11.1 Å². The average Bonchev–Trinajstić information content (AvgIpc) is 2.58. The van der Waals surface area contributed by atoms with Gasteiger partial charge in [0.05, 0.1) is 10.9 Å². The van der Waals surface area contributed by atoms with Gasteiger partial charge in [0, 0.05) is 6.26 Å². The molecular weight excluding hydrogens is 381 g/mol. The Hall–Kier alpha value is -2.39. The summed E-state index contributed by atoms with van der Waals surface area (Å²) in [4.78, 5) is 11.2. The fraction of sp³-hybridized carbons (Fsp3) is 0.278. The number of benzene rings is 2. The summed E-state index contributed by atoms with van der Waals surface area (Å²) in [6.07, 6.45) is -3.52. The van der Waals surface area contributed by atoms with Gasteiger partial charge in [0.2, 0.25) is 5.91 Å². The molecule has 2 rings (SSSR count). The van der Waals surface area contributed by atoms with E-state index in [1.165, 1.54) is 43.3 Å². The molecule has 2 atom stereocenters. The van der Waals surface area contributed by atoms with Crippen LogP contribution >= 0.6 is 0 Å². The summed E-state index contributed by atoms with van der Waals surface area (Å²) in [6.45, 7) is 1.26. The van der Waals surface area contributed by atoms with Gasteiger partial charge in [-0.15, -0.1) is 0 Å². The third kappa shape index (κ3) is 5.30. The van der Waals surface area contributed by atoms with E-state index in [4.69, 9.17) is 5.73 Å². The molecule has 0 unspecified atom stereocenters. The van der Waals surface area contributed by atoms with E-state index in [9.17, 15) is 26.4 Å². The van der Waals surface area contributed by atoms with Crippen molar-refractivity contribution in [3.63, 3.8) is 0 Å². The lowest BCUT2D eigenvalue weighted by Crippen LogP contribution is -2.45. The summed E-state index contributed by atoms with van der Waals surface area (Å²) >= 11 is 0. The van der Waals surface area contributed by atoms with Crippen LogP contribution in [-0.2, 0) is 14.6 Å². The summed E-state index contributed by atoms with van der Waals surface area (Å²) in [5.74, 6) is -0.883. The topological polar surface area (TPSA) is 89.3 Å². The van der Waals surface area contributed by atoms with Crippen LogP contribution in [0.3, 0.4) is 0 Å². The van der Waals surface area contributed by atoms with E-state index in [1.54, 1.807) is 12.1 Å². The van der Waals surface area contributed by atoms with Gasteiger partial charge in [0.25, 0.3) is 0 Å². The van der Waals surface area contributed by atoms with E-state index in [0.29, 0.717) is 11.1 Å². The fourth-order valence-corrected chi connectivity index (χ4v) is 3.10. The summed E-state index contributed by atoms with van der Waals surface area (Å²) in [6, 6.07) is 8.46. The molecule has 1 amide bonds. The monoisotopic (exact) mass is 400 g/mol. The number of halogens is 3. The highest BCUT2D eigenvalue weighted by atomic mass is 32.2. The molecule has 0 aliphatic rings. The fourth-order valence-electron chi connectivity index (χ4n) is 2.47. The highest BCUT2D eigenvalue weighted by molar-refractivity contribution is 7.90. The molecule has 0 fully saturated rings. The Morgan fingerprint density at radius 2 is 1.44 bits per heavy atom. The molecule has 0 radical (unpaired) electrons. The van der Waals surface area contributed by atoms with Crippen LogP contribution in [0.1, 0.15) is 18.5 Å². The molecule has 146 valence electrons. The first-order valence-corrected chi connectivity index (χ1v) is 9.81. The van der Waals surface area contributed by atoms with Gasteiger partial charge < -0.3 is 5.73 Å². The number of primary amides is 1. The number of carbonyl (C=O) groups excluding carboxylic acids is 1. The number of carbonyl (C=O) groups is 1. The maximum Gasteiger partial charge on any atom is 0.407 e. The van der Waals surface area contributed by atoms with E-state index in [0.717, 1.165) is 6.26 Å². The predicted molar refractivity (Wildman–Crippen MR) is 95.6 cm³/mol. The summed E-state index contributed by atoms with van der Waals surface area (Å²) < 4.78 is 63.0. The molecule has 0 spiro atoms. The molecule has 0 saturated heterocycles. The molecule has 27 heavy (non-hydrogen) atoms. The Kier molecular flexibility index (Phi) is 5.96. The standard InChI is InChI=1S/C18H19F3N2O3S/c1-11(17(22)24)23-16(18(19,20)21)14-5-3-12(4-6-14)13-7-9-15(10-8-13)27(2,25)26/h3-11,16,23H,1-2H3,(H2,22,24)/t11-,16-/m0/s1. The van der Waals surface area contributed by atoms with E-state index in [1.807, 2.05) is 0 Å². The zero-order chi connectivity index (χ0) is 20.4. The van der Waals surface area contributed by atoms with Crippen LogP contribution < -0.4 is 11.1 Å². The predicted octanol–water partition coefficient (Wildman–Crippen LogP) is 2.82. The normalized spacial score (nSPS) is 14.6. The minimum atomic E-state index is -4.61. The third-order valence-corrected chi connectivity index (χ3v) is 5.16. The average molecular weight is 400 g/mol. The molecule has 5 nitrogen and oxygen atoms in total. The molecular formula is C18H19F3N2O3S. The van der Waals surface area contributed by atoms with Crippen molar-refractivity contribution in [2.24, 2.45) is 5.73 Å². The first-order chi connectivity index (χ1) is 12.4. The van der Waals surface area contributed by atoms with Gasteiger partial charge in [-0.05, 0) is 35.7 Å². The molecule has 0 heterocycles. The number of sulfone groups is 1. The van der Waals surface area contributed by atoms with Gasteiger partial charge in [-0.2, -0.15) is 13.2 Å². The maximum atomic E-state index is 13.3. The first kappa shape index (κ1) is 20.9. The van der Waals surface area contributed by atoms with Gasteiger partial charge in [0.1, 0.15) is 6.04 Å². The summed E-state index contributed by atoms with van der Waals surface area (Å²) in [5, 5.41) is 2.19. The van der Waals surface area contributed by atoms with Crippen molar-refractivity contribution >= 4 is 15.7 Å². The van der Waals surface area contributed by atoms with Crippen LogP contribution in [0.15, 0.2) is 53.4 Å². The van der Waals surface area contributed by atoms with Crippen molar-refractivity contribution < 1.29 is 26.4 Å². The SMILES string of the molecule is C[C@H](N[C@@H](c1ccc(-c2ccc(S(C)(=O)=O)cc2)cc1)C(F)(F)F)C(N)=O. The Labute approximate surface area is 155 Å². The van der Waals surface area contributed by atoms with Crippen molar-refractivity contribution in [3.8, 4) is 11.1 Å². The second-order valence-electron chi connectivity index (χ2n) is 6.18. The largest absolute Gasteiger partial charge is 0.407 e. The van der Waals surface area contributed by atoms with Crippen LogP contribution in [0.5, 0.6) is 0 Å². The first-order valence-electron chi connectivity index (χ1n) is 7.92. The van der Waals surface area contributed by atoms with Crippen LogP contribution in [0.4, 0.5) is 13.2 Å². The lowest BCUT2D eigenvalue weighted by Gasteiger charge is -2.24. The number of hydrogen-bond acceptors (Lipinski definition) is 4. The Balaban J connectivity index is 2.30. The Bertz CT molecular complexity index is 908. The van der Waals surface area contributed by atoms with Crippen LogP contribution in [0.2, 0.25) is 0 Å². The Morgan fingerprint density at radius 3 is 1.81 bits per heavy atom. The maximum absolute atomic E-state index is 13.3. The molecule has 2 aromatic carbocycles. The van der Waals surface area contributed by atoms with E-state index in [2.05, 4.69) is 5.32 Å². The number of amides is 1. The van der Waals surface area contributed by atoms with E-state index >= 15 is 0 Å². The Morgan fingerprint density at radius 1 is 1.00 bits per heavy atom. The molecule has 3 N–H and O–H groups in total. The van der Waals surface area contributed by atoms with Crippen LogP contribution in [0, 0.1) is 0 Å². The minimum absolute atomic E-state index is 0.0629. The van der Waals surface area contributed by atoms with Crippen molar-refractivity contribution in [2.75, 3.05) is 6.26 Å². The number of nitrogens with two attached hydrogens (primary N) is 1. The summed E-state index contributed by atoms with van der Waals surface area (Å²) in [5.41, 5.74) is 6.26. The smallest absolute Gasteiger partial charge is 0.368 e. The minimum Gasteiger partial charge on any atom is -0.368 e. The van der Waals surface area contributed by atoms with Crippen molar-refractivity contribution in [3.05, 3.63) is 54.1 Å². The van der Waals surface area contributed by atoms with Gasteiger partial charge in [-0.25, -0.2) is 8.42 Å². The molecule has 0 aliphatic carbocycles. The number of hydrogen-bond donors (Lipinski definition) is 2. The third-order valence-electron chi connectivity index (χ3n) is 4.03. The van der Waals surface area contributed by atoms with E-state index in [-0.39, 0.29) is 10.5 Å². The van der Waals surface area contributed by atoms with Crippen molar-refractivity contribution in [1.82, 2.24) is 5.32 Å². The van der Waals surface area contributed by atoms with Crippen molar-refractivity contribution in [2.45, 2.75) is 30.1 Å². The number of alkyl halides is 3. The van der Waals surface area contributed by atoms with Crippen LogP contribution in [-0.4, -0.2) is 32.8 Å². The second-order valence-corrected chi connectivity index (χ2v) is 8.20. The second kappa shape index (κ2) is 7.69. The molecule has 0 aromatic heterocycles. The highest BCUT2D eigenvalue weighted by Crippen LogP contribution is 2.34. The van der Waals surface area contributed by atoms with Gasteiger partial charge in [0.15, 0.2) is 9.84 Å². The molecule has 0 bridgehead atoms. The quantitative estimate of drug-likeness (QED) is 0.780. The highest BCUT2D eigenvalue weighted by Gasteiger charge is 2.41. The zero-order valence-corrected chi connectivity index (χ0v) is 15.4. The lowest BCUT2D eigenvalue weighted by atomic mass is 10.00. The number of nitrogens with one attached hydrogen (secondary N) is 1. The van der Waals surface area contributed by atoms with E-state index < -0.39 is 34.0 Å². The zero-order valence-electron chi connectivity index (χ0n) is 14.6. The number of rotatable bonds is 6.